The number of phenolic OH excluding ortho intramolecular Hbond substituents is 1. The molecule has 0 bridgehead atoms. The van der Waals surface area contributed by atoms with Gasteiger partial charge in [-0.3, -0.25) is 4.79 Å². The normalized spacial score (nSPS) is 11.1. The van der Waals surface area contributed by atoms with Crippen molar-refractivity contribution in [3.05, 3.63) is 81.2 Å². The molecule has 1 N–H and O–H groups in total. The second kappa shape index (κ2) is 9.82. The van der Waals surface area contributed by atoms with E-state index in [1.165, 1.54) is 12.1 Å². The third kappa shape index (κ3) is 4.42. The highest BCUT2D eigenvalue weighted by atomic mass is 16.5. The summed E-state index contributed by atoms with van der Waals surface area (Å²) in [6.07, 6.45) is 0.696. The van der Waals surface area contributed by atoms with Gasteiger partial charge in [-0.25, -0.2) is 19.2 Å². The number of aromatic hydroxyl groups is 1. The summed E-state index contributed by atoms with van der Waals surface area (Å²) in [5, 5.41) is 11.0. The minimum atomic E-state index is -1.11. The summed E-state index contributed by atoms with van der Waals surface area (Å²) in [4.78, 5) is 62.4. The topological polar surface area (TPSA) is 146 Å². The predicted octanol–water partition coefficient (Wildman–Crippen LogP) is 2.25. The van der Waals surface area contributed by atoms with Gasteiger partial charge in [0, 0.05) is 23.1 Å². The van der Waals surface area contributed by atoms with E-state index in [1.54, 1.807) is 18.2 Å². The molecule has 10 nitrogen and oxygen atoms in total. The standard InChI is InChI=1S/C24H18O10/c1-31-17(25)11-15(24(30)33-3)19-21(28)16(20(27)12-7-5-4-6-8-12)9-13-14(23(29)32-2)10-18(26)34-22(13)19/h4-11,28H,1-3H3/b15-11+. The molecular weight excluding hydrogens is 448 g/mol. The summed E-state index contributed by atoms with van der Waals surface area (Å²) in [6, 6.07) is 9.83. The monoisotopic (exact) mass is 466 g/mol. The van der Waals surface area contributed by atoms with Crippen LogP contribution in [-0.2, 0) is 23.8 Å². The van der Waals surface area contributed by atoms with E-state index in [2.05, 4.69) is 4.74 Å². The molecule has 3 rings (SSSR count). The lowest BCUT2D eigenvalue weighted by Crippen LogP contribution is -2.13. The molecule has 10 heteroatoms. The fourth-order valence-electron chi connectivity index (χ4n) is 3.25. The van der Waals surface area contributed by atoms with Crippen molar-refractivity contribution in [1.29, 1.82) is 0 Å². The highest BCUT2D eigenvalue weighted by Crippen LogP contribution is 2.38. The summed E-state index contributed by atoms with van der Waals surface area (Å²) in [7, 11) is 3.15. The van der Waals surface area contributed by atoms with Gasteiger partial charge in [-0.1, -0.05) is 30.3 Å². The Morgan fingerprint density at radius 3 is 2.18 bits per heavy atom. The van der Waals surface area contributed by atoms with Crippen LogP contribution in [0.5, 0.6) is 5.75 Å². The van der Waals surface area contributed by atoms with Crippen LogP contribution in [0.4, 0.5) is 0 Å². The molecule has 3 aromatic rings. The highest BCUT2D eigenvalue weighted by Gasteiger charge is 2.29. The molecule has 0 aliphatic carbocycles. The average Bonchev–Trinajstić information content (AvgIpc) is 2.85. The van der Waals surface area contributed by atoms with E-state index in [1.807, 2.05) is 0 Å². The van der Waals surface area contributed by atoms with E-state index in [4.69, 9.17) is 13.9 Å². The van der Waals surface area contributed by atoms with E-state index >= 15 is 0 Å². The molecule has 0 saturated carbocycles. The Labute approximate surface area is 192 Å². The van der Waals surface area contributed by atoms with Crippen LogP contribution in [0.1, 0.15) is 31.8 Å². The van der Waals surface area contributed by atoms with E-state index in [0.29, 0.717) is 6.08 Å². The van der Waals surface area contributed by atoms with E-state index in [0.717, 1.165) is 33.5 Å². The van der Waals surface area contributed by atoms with Gasteiger partial charge in [0.2, 0.25) is 0 Å². The molecule has 0 radical (unpaired) electrons. The molecule has 174 valence electrons. The first-order chi connectivity index (χ1) is 16.2. The smallest absolute Gasteiger partial charge is 0.339 e. The number of carbonyl (C=O) groups is 4. The van der Waals surface area contributed by atoms with Crippen LogP contribution in [0.25, 0.3) is 16.5 Å². The Kier molecular flexibility index (Phi) is 6.91. The van der Waals surface area contributed by atoms with Crippen molar-refractivity contribution in [1.82, 2.24) is 0 Å². The Hall–Kier alpha value is -4.73. The minimum Gasteiger partial charge on any atom is -0.506 e. The predicted molar refractivity (Wildman–Crippen MR) is 117 cm³/mol. The lowest BCUT2D eigenvalue weighted by atomic mass is 9.92. The maximum atomic E-state index is 13.2. The van der Waals surface area contributed by atoms with Gasteiger partial charge in [-0.05, 0) is 6.07 Å². The van der Waals surface area contributed by atoms with Gasteiger partial charge in [0.15, 0.2) is 11.4 Å². The summed E-state index contributed by atoms with van der Waals surface area (Å²) >= 11 is 0. The molecular formula is C24H18O10. The molecule has 34 heavy (non-hydrogen) atoms. The quantitative estimate of drug-likeness (QED) is 0.189. The number of carbonyl (C=O) groups excluding carboxylic acids is 4. The maximum absolute atomic E-state index is 13.2. The number of fused-ring (bicyclic) bond motifs is 1. The van der Waals surface area contributed by atoms with Gasteiger partial charge < -0.3 is 23.7 Å². The van der Waals surface area contributed by atoms with Crippen LogP contribution in [0.15, 0.2) is 57.8 Å². The largest absolute Gasteiger partial charge is 0.506 e. The van der Waals surface area contributed by atoms with Crippen LogP contribution in [0.2, 0.25) is 0 Å². The van der Waals surface area contributed by atoms with Gasteiger partial charge in [0.05, 0.1) is 43.6 Å². The number of benzene rings is 2. The molecule has 0 aliphatic heterocycles. The third-order valence-corrected chi connectivity index (χ3v) is 4.83. The second-order valence-electron chi connectivity index (χ2n) is 6.76. The Morgan fingerprint density at radius 1 is 0.912 bits per heavy atom. The molecule has 0 fully saturated rings. The maximum Gasteiger partial charge on any atom is 0.339 e. The van der Waals surface area contributed by atoms with Crippen molar-refractivity contribution >= 4 is 40.2 Å². The molecule has 2 aromatic carbocycles. The third-order valence-electron chi connectivity index (χ3n) is 4.83. The first kappa shape index (κ1) is 23.9. The summed E-state index contributed by atoms with van der Waals surface area (Å²) < 4.78 is 19.2. The van der Waals surface area contributed by atoms with Gasteiger partial charge in [-0.2, -0.15) is 0 Å². The fourth-order valence-corrected chi connectivity index (χ4v) is 3.25. The van der Waals surface area contributed by atoms with E-state index < -0.39 is 51.8 Å². The molecule has 1 aromatic heterocycles. The van der Waals surface area contributed by atoms with Crippen LogP contribution in [0, 0.1) is 0 Å². The van der Waals surface area contributed by atoms with Crippen LogP contribution >= 0.6 is 0 Å². The van der Waals surface area contributed by atoms with Crippen LogP contribution < -0.4 is 5.63 Å². The lowest BCUT2D eigenvalue weighted by molar-refractivity contribution is -0.136. The second-order valence-corrected chi connectivity index (χ2v) is 6.76. The average molecular weight is 466 g/mol. The van der Waals surface area contributed by atoms with E-state index in [-0.39, 0.29) is 22.1 Å². The zero-order valence-electron chi connectivity index (χ0n) is 18.2. The van der Waals surface area contributed by atoms with Crippen LogP contribution in [0.3, 0.4) is 0 Å². The Morgan fingerprint density at radius 2 is 1.59 bits per heavy atom. The molecule has 0 aliphatic rings. The number of ketones is 1. The molecule has 0 amide bonds. The number of ether oxygens (including phenoxy) is 3. The number of esters is 3. The Balaban J connectivity index is 2.53. The summed E-state index contributed by atoms with van der Waals surface area (Å²) in [6.45, 7) is 0. The van der Waals surface area contributed by atoms with Crippen molar-refractivity contribution in [2.75, 3.05) is 21.3 Å². The fraction of sp³-hybridized carbons (Fsp3) is 0.125. The van der Waals surface area contributed by atoms with Crippen LogP contribution in [-0.4, -0.2) is 50.1 Å². The van der Waals surface area contributed by atoms with Crippen molar-refractivity contribution in [2.24, 2.45) is 0 Å². The zero-order valence-corrected chi connectivity index (χ0v) is 18.2. The molecule has 0 saturated heterocycles. The first-order valence-corrected chi connectivity index (χ1v) is 9.63. The zero-order chi connectivity index (χ0) is 25.0. The van der Waals surface area contributed by atoms with Gasteiger partial charge >= 0.3 is 23.5 Å². The Bertz CT molecular complexity index is 1400. The van der Waals surface area contributed by atoms with Gasteiger partial charge in [0.25, 0.3) is 0 Å². The highest BCUT2D eigenvalue weighted by molar-refractivity contribution is 6.26. The van der Waals surface area contributed by atoms with Crippen molar-refractivity contribution in [2.45, 2.75) is 0 Å². The summed E-state index contributed by atoms with van der Waals surface area (Å²) in [5.41, 5.74) is -3.02. The SMILES string of the molecule is COC(=O)/C=C(/C(=O)OC)c1c(O)c(C(=O)c2ccccc2)cc2c(C(=O)OC)cc(=O)oc12. The van der Waals surface area contributed by atoms with E-state index in [9.17, 15) is 29.1 Å². The number of phenols is 1. The summed E-state index contributed by atoms with van der Waals surface area (Å²) in [5.74, 6) is -4.52. The minimum absolute atomic E-state index is 0.127. The number of hydrogen-bond donors (Lipinski definition) is 1. The number of methoxy groups -OCH3 is 3. The van der Waals surface area contributed by atoms with Crippen molar-refractivity contribution in [3.63, 3.8) is 0 Å². The molecule has 1 heterocycles. The number of rotatable bonds is 6. The lowest BCUT2D eigenvalue weighted by Gasteiger charge is -2.15. The van der Waals surface area contributed by atoms with Gasteiger partial charge in [0.1, 0.15) is 5.75 Å². The molecule has 0 unspecified atom stereocenters. The van der Waals surface area contributed by atoms with Gasteiger partial charge in [-0.15, -0.1) is 0 Å². The molecule has 0 spiro atoms. The van der Waals surface area contributed by atoms with Crippen molar-refractivity contribution < 1.29 is 42.9 Å². The van der Waals surface area contributed by atoms with Crippen molar-refractivity contribution in [3.8, 4) is 5.75 Å². The number of hydrogen-bond acceptors (Lipinski definition) is 10. The first-order valence-electron chi connectivity index (χ1n) is 9.63. The molecule has 0 atom stereocenters.